The normalized spacial score (nSPS) is 11.0. The van der Waals surface area contributed by atoms with Gasteiger partial charge >= 0.3 is 5.97 Å². The molecule has 0 unspecified atom stereocenters. The maximum atomic E-state index is 11.9. The van der Waals surface area contributed by atoms with Gasteiger partial charge in [-0.2, -0.15) is 0 Å². The lowest BCUT2D eigenvalue weighted by atomic mass is 10.0. The van der Waals surface area contributed by atoms with Gasteiger partial charge in [-0.3, -0.25) is 9.36 Å². The van der Waals surface area contributed by atoms with E-state index >= 15 is 0 Å². The van der Waals surface area contributed by atoms with E-state index in [-0.39, 0.29) is 11.1 Å². The molecule has 0 radical (unpaired) electrons. The third kappa shape index (κ3) is 2.09. The van der Waals surface area contributed by atoms with Crippen LogP contribution in [0.1, 0.15) is 35.5 Å². The summed E-state index contributed by atoms with van der Waals surface area (Å²) < 4.78 is 1.34. The van der Waals surface area contributed by atoms with Crippen LogP contribution in [0.4, 0.5) is 0 Å². The summed E-state index contributed by atoms with van der Waals surface area (Å²) in [7, 11) is 0. The number of terminal acetylenes is 1. The Morgan fingerprint density at radius 1 is 1.47 bits per heavy atom. The van der Waals surface area contributed by atoms with Crippen molar-refractivity contribution < 1.29 is 9.90 Å². The average Bonchev–Trinajstić information content (AvgIpc) is 2.15. The quantitative estimate of drug-likeness (QED) is 0.788. The highest BCUT2D eigenvalue weighted by molar-refractivity contribution is 5.90. The van der Waals surface area contributed by atoms with Crippen molar-refractivity contribution in [1.82, 2.24) is 4.57 Å². The van der Waals surface area contributed by atoms with Crippen molar-refractivity contribution in [3.8, 4) is 12.3 Å². The summed E-state index contributed by atoms with van der Waals surface area (Å²) >= 11 is 0. The number of pyridine rings is 1. The first kappa shape index (κ1) is 13.0. The zero-order valence-corrected chi connectivity index (χ0v) is 10.4. The Morgan fingerprint density at radius 2 is 2.00 bits per heavy atom. The lowest BCUT2D eigenvalue weighted by Crippen LogP contribution is -2.38. The third-order valence-corrected chi connectivity index (χ3v) is 2.78. The largest absolute Gasteiger partial charge is 0.478 e. The molecule has 1 N–H and O–H groups in total. The highest BCUT2D eigenvalue weighted by atomic mass is 16.4. The summed E-state index contributed by atoms with van der Waals surface area (Å²) in [5.74, 6) is 1.44. The molecule has 1 aromatic rings. The predicted octanol–water partition coefficient (Wildman–Crippen LogP) is 1.53. The summed E-state index contributed by atoms with van der Waals surface area (Å²) in [4.78, 5) is 23.1. The van der Waals surface area contributed by atoms with Gasteiger partial charge in [0.15, 0.2) is 0 Å². The van der Waals surface area contributed by atoms with Gasteiger partial charge in [0.25, 0.3) is 5.56 Å². The molecule has 0 atom stereocenters. The van der Waals surface area contributed by atoms with Gasteiger partial charge in [-0.25, -0.2) is 4.79 Å². The molecule has 0 bridgehead atoms. The average molecular weight is 233 g/mol. The zero-order valence-electron chi connectivity index (χ0n) is 10.4. The molecule has 17 heavy (non-hydrogen) atoms. The van der Waals surface area contributed by atoms with E-state index in [4.69, 9.17) is 11.5 Å². The van der Waals surface area contributed by atoms with Crippen LogP contribution in [0.15, 0.2) is 10.9 Å². The Bertz CT molecular complexity index is 574. The van der Waals surface area contributed by atoms with E-state index in [1.807, 2.05) is 0 Å². The van der Waals surface area contributed by atoms with Crippen molar-refractivity contribution in [3.05, 3.63) is 33.2 Å². The van der Waals surface area contributed by atoms with Crippen molar-refractivity contribution in [3.63, 3.8) is 0 Å². The Hall–Kier alpha value is -2.02. The Kier molecular flexibility index (Phi) is 3.14. The summed E-state index contributed by atoms with van der Waals surface area (Å²) in [6.07, 6.45) is 5.38. The summed E-state index contributed by atoms with van der Waals surface area (Å²) in [6, 6.07) is 1.30. The standard InChI is InChI=1S/C13H15NO3/c1-6-13(4,5)14-9(3)11(12(16)17)8(2)7-10(14)15/h1,7H,2-5H3,(H,16,17). The lowest BCUT2D eigenvalue weighted by Gasteiger charge is -2.25. The van der Waals surface area contributed by atoms with Crippen molar-refractivity contribution in [2.45, 2.75) is 33.2 Å². The molecular weight excluding hydrogens is 218 g/mol. The SMILES string of the molecule is C#CC(C)(C)n1c(C)c(C(=O)O)c(C)cc1=O. The lowest BCUT2D eigenvalue weighted by molar-refractivity contribution is 0.0693. The van der Waals surface area contributed by atoms with Crippen LogP contribution >= 0.6 is 0 Å². The van der Waals surface area contributed by atoms with Crippen LogP contribution in [0.2, 0.25) is 0 Å². The minimum Gasteiger partial charge on any atom is -0.478 e. The van der Waals surface area contributed by atoms with Gasteiger partial charge < -0.3 is 5.11 Å². The third-order valence-electron chi connectivity index (χ3n) is 2.78. The van der Waals surface area contributed by atoms with Gasteiger partial charge in [0.1, 0.15) is 5.54 Å². The van der Waals surface area contributed by atoms with Gasteiger partial charge in [0, 0.05) is 11.8 Å². The highest BCUT2D eigenvalue weighted by Crippen LogP contribution is 2.18. The van der Waals surface area contributed by atoms with Crippen LogP contribution in [0.5, 0.6) is 0 Å². The molecule has 4 heteroatoms. The topological polar surface area (TPSA) is 59.3 Å². The van der Waals surface area contributed by atoms with Crippen molar-refractivity contribution in [2.24, 2.45) is 0 Å². The number of carboxylic acid groups (broad SMARTS) is 1. The molecule has 1 rings (SSSR count). The summed E-state index contributed by atoms with van der Waals surface area (Å²) in [6.45, 7) is 6.59. The summed E-state index contributed by atoms with van der Waals surface area (Å²) in [5.41, 5.74) is -0.172. The predicted molar refractivity (Wildman–Crippen MR) is 65.3 cm³/mol. The molecule has 0 spiro atoms. The number of aromatic nitrogens is 1. The fourth-order valence-corrected chi connectivity index (χ4v) is 1.97. The highest BCUT2D eigenvalue weighted by Gasteiger charge is 2.24. The van der Waals surface area contributed by atoms with Crippen LogP contribution in [0.25, 0.3) is 0 Å². The first-order valence-corrected chi connectivity index (χ1v) is 5.17. The number of hydrogen-bond acceptors (Lipinski definition) is 2. The zero-order chi connectivity index (χ0) is 13.4. The second-order valence-corrected chi connectivity index (χ2v) is 4.47. The number of aryl methyl sites for hydroxylation is 1. The molecule has 0 amide bonds. The molecule has 90 valence electrons. The number of carboxylic acids is 1. The van der Waals surface area contributed by atoms with Gasteiger partial charge in [-0.15, -0.1) is 6.42 Å². The van der Waals surface area contributed by atoms with E-state index in [2.05, 4.69) is 5.92 Å². The second kappa shape index (κ2) is 4.10. The molecule has 0 aromatic carbocycles. The van der Waals surface area contributed by atoms with E-state index in [9.17, 15) is 9.59 Å². The Balaban J connectivity index is 3.77. The fraction of sp³-hybridized carbons (Fsp3) is 0.385. The van der Waals surface area contributed by atoms with Gasteiger partial charge in [-0.05, 0) is 33.3 Å². The van der Waals surface area contributed by atoms with Crippen LogP contribution < -0.4 is 5.56 Å². The Morgan fingerprint density at radius 3 is 2.41 bits per heavy atom. The maximum absolute atomic E-state index is 11.9. The number of rotatable bonds is 2. The smallest absolute Gasteiger partial charge is 0.337 e. The van der Waals surface area contributed by atoms with Gasteiger partial charge in [-0.1, -0.05) is 5.92 Å². The molecule has 0 fully saturated rings. The minimum atomic E-state index is -1.05. The monoisotopic (exact) mass is 233 g/mol. The molecule has 1 aromatic heterocycles. The molecule has 0 saturated heterocycles. The molecule has 4 nitrogen and oxygen atoms in total. The van der Waals surface area contributed by atoms with Gasteiger partial charge in [0.05, 0.1) is 5.56 Å². The first-order chi connectivity index (χ1) is 7.72. The van der Waals surface area contributed by atoms with Crippen LogP contribution in [0, 0.1) is 26.2 Å². The summed E-state index contributed by atoms with van der Waals surface area (Å²) in [5, 5.41) is 9.13. The molecule has 0 aliphatic heterocycles. The second-order valence-electron chi connectivity index (χ2n) is 4.47. The van der Waals surface area contributed by atoms with E-state index in [0.29, 0.717) is 11.3 Å². The fourth-order valence-electron chi connectivity index (χ4n) is 1.97. The molecule has 0 saturated carbocycles. The van der Waals surface area contributed by atoms with E-state index in [1.165, 1.54) is 10.6 Å². The van der Waals surface area contributed by atoms with E-state index < -0.39 is 11.5 Å². The van der Waals surface area contributed by atoms with Gasteiger partial charge in [0.2, 0.25) is 0 Å². The maximum Gasteiger partial charge on any atom is 0.337 e. The molecule has 0 aliphatic rings. The number of hydrogen-bond donors (Lipinski definition) is 1. The van der Waals surface area contributed by atoms with E-state index in [0.717, 1.165) is 0 Å². The number of nitrogens with zero attached hydrogens (tertiary/aromatic N) is 1. The van der Waals surface area contributed by atoms with Crippen molar-refractivity contribution >= 4 is 5.97 Å². The number of aromatic carboxylic acids is 1. The van der Waals surface area contributed by atoms with Crippen molar-refractivity contribution in [1.29, 1.82) is 0 Å². The molecular formula is C13H15NO3. The molecule has 1 heterocycles. The van der Waals surface area contributed by atoms with E-state index in [1.54, 1.807) is 27.7 Å². The number of carbonyl (C=O) groups is 1. The first-order valence-electron chi connectivity index (χ1n) is 5.17. The minimum absolute atomic E-state index is 0.132. The van der Waals surface area contributed by atoms with Crippen LogP contribution in [0.3, 0.4) is 0 Å². The van der Waals surface area contributed by atoms with Crippen LogP contribution in [-0.2, 0) is 5.54 Å². The van der Waals surface area contributed by atoms with Crippen LogP contribution in [-0.4, -0.2) is 15.6 Å². The van der Waals surface area contributed by atoms with Crippen molar-refractivity contribution in [2.75, 3.05) is 0 Å². The Labute approximate surface area is 99.9 Å². The molecule has 0 aliphatic carbocycles.